The van der Waals surface area contributed by atoms with E-state index >= 15 is 0 Å². The fraction of sp³-hybridized carbons (Fsp3) is 0.400. The molecule has 0 bridgehead atoms. The van der Waals surface area contributed by atoms with E-state index in [1.807, 2.05) is 18.2 Å². The van der Waals surface area contributed by atoms with E-state index < -0.39 is 0 Å². The fourth-order valence-corrected chi connectivity index (χ4v) is 1.98. The van der Waals surface area contributed by atoms with E-state index in [9.17, 15) is 4.79 Å². The van der Waals surface area contributed by atoms with Gasteiger partial charge in [-0.2, -0.15) is 0 Å². The Kier molecular flexibility index (Phi) is 4.05. The molecule has 1 heteroatoms. The molecule has 0 saturated carbocycles. The van der Waals surface area contributed by atoms with Crippen LogP contribution in [0.15, 0.2) is 36.9 Å². The Morgan fingerprint density at radius 3 is 2.69 bits per heavy atom. The summed E-state index contributed by atoms with van der Waals surface area (Å²) in [5, 5.41) is 0. The lowest BCUT2D eigenvalue weighted by Crippen LogP contribution is -2.17. The number of benzene rings is 1. The molecule has 0 aliphatic heterocycles. The Hall–Kier alpha value is -1.37. The smallest absolute Gasteiger partial charge is 0.185 e. The maximum atomic E-state index is 11.5. The molecular formula is C15H20O. The van der Waals surface area contributed by atoms with Gasteiger partial charge in [0, 0.05) is 5.56 Å². The summed E-state index contributed by atoms with van der Waals surface area (Å²) >= 11 is 0. The van der Waals surface area contributed by atoms with Crippen LogP contribution in [0.1, 0.15) is 49.5 Å². The van der Waals surface area contributed by atoms with Crippen molar-refractivity contribution in [2.45, 2.75) is 39.0 Å². The largest absolute Gasteiger partial charge is 0.289 e. The van der Waals surface area contributed by atoms with Crippen molar-refractivity contribution >= 4 is 5.78 Å². The van der Waals surface area contributed by atoms with Crippen molar-refractivity contribution in [3.05, 3.63) is 48.0 Å². The van der Waals surface area contributed by atoms with Crippen molar-refractivity contribution in [1.29, 1.82) is 0 Å². The highest BCUT2D eigenvalue weighted by molar-refractivity contribution is 6.04. The second-order valence-corrected chi connectivity index (χ2v) is 4.78. The molecular weight excluding hydrogens is 196 g/mol. The monoisotopic (exact) mass is 216 g/mol. The predicted molar refractivity (Wildman–Crippen MR) is 68.9 cm³/mol. The number of ketones is 1. The third-order valence-corrected chi connectivity index (χ3v) is 2.99. The van der Waals surface area contributed by atoms with Crippen molar-refractivity contribution in [3.8, 4) is 0 Å². The summed E-state index contributed by atoms with van der Waals surface area (Å²) in [4.78, 5) is 11.5. The Labute approximate surface area is 98.2 Å². The van der Waals surface area contributed by atoms with Crippen LogP contribution in [0.5, 0.6) is 0 Å². The first-order valence-electron chi connectivity index (χ1n) is 5.78. The van der Waals surface area contributed by atoms with Crippen molar-refractivity contribution in [3.63, 3.8) is 0 Å². The number of carbonyl (C=O) groups excluding carboxylic acids is 1. The topological polar surface area (TPSA) is 17.1 Å². The molecule has 0 spiro atoms. The normalized spacial score (nSPS) is 11.2. The molecule has 1 nitrogen and oxygen atoms in total. The van der Waals surface area contributed by atoms with Gasteiger partial charge < -0.3 is 0 Å². The summed E-state index contributed by atoms with van der Waals surface area (Å²) in [5.74, 6) is -0.00542. The van der Waals surface area contributed by atoms with Gasteiger partial charge in [0.25, 0.3) is 0 Å². The lowest BCUT2D eigenvalue weighted by Gasteiger charge is -2.25. The summed E-state index contributed by atoms with van der Waals surface area (Å²) in [6.07, 6.45) is 3.64. The van der Waals surface area contributed by atoms with E-state index in [4.69, 9.17) is 0 Å². The van der Waals surface area contributed by atoms with Crippen LogP contribution in [-0.2, 0) is 5.41 Å². The van der Waals surface area contributed by atoms with Crippen molar-refractivity contribution in [2.24, 2.45) is 0 Å². The van der Waals surface area contributed by atoms with E-state index in [-0.39, 0.29) is 11.2 Å². The molecule has 0 fully saturated rings. The molecule has 0 heterocycles. The zero-order valence-electron chi connectivity index (χ0n) is 10.4. The Bertz CT molecular complexity index is 388. The molecule has 16 heavy (non-hydrogen) atoms. The van der Waals surface area contributed by atoms with E-state index in [2.05, 4.69) is 33.4 Å². The van der Waals surface area contributed by atoms with Crippen LogP contribution in [0.2, 0.25) is 0 Å². The molecule has 1 aromatic rings. The molecule has 0 amide bonds. The van der Waals surface area contributed by atoms with Gasteiger partial charge in [-0.3, -0.25) is 4.79 Å². The third-order valence-electron chi connectivity index (χ3n) is 2.99. The standard InChI is InChI=1S/C15H20O/c1-5-10-15(3,4)13-9-7-8-12(11-13)14(16)6-2/h6-9,11H,2,5,10H2,1,3-4H3. The first-order valence-corrected chi connectivity index (χ1v) is 5.78. The average molecular weight is 216 g/mol. The van der Waals surface area contributed by atoms with Gasteiger partial charge in [0.15, 0.2) is 5.78 Å². The van der Waals surface area contributed by atoms with Gasteiger partial charge in [-0.25, -0.2) is 0 Å². The van der Waals surface area contributed by atoms with E-state index in [0.717, 1.165) is 18.4 Å². The Balaban J connectivity index is 3.07. The molecule has 0 radical (unpaired) electrons. The van der Waals surface area contributed by atoms with Gasteiger partial charge in [0.2, 0.25) is 0 Å². The van der Waals surface area contributed by atoms with Crippen LogP contribution in [0.4, 0.5) is 0 Å². The molecule has 0 aliphatic rings. The molecule has 0 aromatic heterocycles. The van der Waals surface area contributed by atoms with Crippen LogP contribution >= 0.6 is 0 Å². The first-order chi connectivity index (χ1) is 7.51. The Morgan fingerprint density at radius 2 is 2.12 bits per heavy atom. The summed E-state index contributed by atoms with van der Waals surface area (Å²) < 4.78 is 0. The van der Waals surface area contributed by atoms with Gasteiger partial charge in [-0.15, -0.1) is 0 Å². The van der Waals surface area contributed by atoms with Crippen LogP contribution in [0.3, 0.4) is 0 Å². The highest BCUT2D eigenvalue weighted by atomic mass is 16.1. The van der Waals surface area contributed by atoms with E-state index in [1.165, 1.54) is 11.6 Å². The maximum absolute atomic E-state index is 11.5. The summed E-state index contributed by atoms with van der Waals surface area (Å²) in [6, 6.07) is 7.87. The zero-order chi connectivity index (χ0) is 12.2. The summed E-state index contributed by atoms with van der Waals surface area (Å²) in [5.41, 5.74) is 2.09. The van der Waals surface area contributed by atoms with Crippen LogP contribution < -0.4 is 0 Å². The lowest BCUT2D eigenvalue weighted by molar-refractivity contribution is 0.104. The average Bonchev–Trinajstić information content (AvgIpc) is 2.28. The predicted octanol–water partition coefficient (Wildman–Crippen LogP) is 4.13. The van der Waals surface area contributed by atoms with Crippen molar-refractivity contribution < 1.29 is 4.79 Å². The van der Waals surface area contributed by atoms with Crippen molar-refractivity contribution in [1.82, 2.24) is 0 Å². The fourth-order valence-electron chi connectivity index (χ4n) is 1.98. The first kappa shape index (κ1) is 12.7. The van der Waals surface area contributed by atoms with Gasteiger partial charge in [-0.05, 0) is 29.5 Å². The Morgan fingerprint density at radius 1 is 1.44 bits per heavy atom. The second-order valence-electron chi connectivity index (χ2n) is 4.78. The summed E-state index contributed by atoms with van der Waals surface area (Å²) in [7, 11) is 0. The quantitative estimate of drug-likeness (QED) is 0.534. The molecule has 1 aromatic carbocycles. The van der Waals surface area contributed by atoms with Crippen LogP contribution in [0.25, 0.3) is 0 Å². The minimum absolute atomic E-state index is 0.00542. The highest BCUT2D eigenvalue weighted by Crippen LogP contribution is 2.28. The zero-order valence-corrected chi connectivity index (χ0v) is 10.4. The molecule has 0 N–H and O–H groups in total. The lowest BCUT2D eigenvalue weighted by atomic mass is 9.80. The number of allylic oxidation sites excluding steroid dienone is 1. The van der Waals surface area contributed by atoms with Gasteiger partial charge in [0.1, 0.15) is 0 Å². The van der Waals surface area contributed by atoms with Gasteiger partial charge in [0.05, 0.1) is 0 Å². The molecule has 1 rings (SSSR count). The minimum Gasteiger partial charge on any atom is -0.289 e. The van der Waals surface area contributed by atoms with Gasteiger partial charge in [-0.1, -0.05) is 52.0 Å². The number of carbonyl (C=O) groups is 1. The van der Waals surface area contributed by atoms with E-state index in [0.29, 0.717) is 0 Å². The van der Waals surface area contributed by atoms with Crippen molar-refractivity contribution in [2.75, 3.05) is 0 Å². The maximum Gasteiger partial charge on any atom is 0.185 e. The van der Waals surface area contributed by atoms with E-state index in [1.54, 1.807) is 0 Å². The number of hydrogen-bond donors (Lipinski definition) is 0. The van der Waals surface area contributed by atoms with Crippen LogP contribution in [-0.4, -0.2) is 5.78 Å². The molecule has 86 valence electrons. The second kappa shape index (κ2) is 5.11. The molecule has 0 unspecified atom stereocenters. The number of rotatable bonds is 5. The highest BCUT2D eigenvalue weighted by Gasteiger charge is 2.19. The molecule has 0 saturated heterocycles. The van der Waals surface area contributed by atoms with Gasteiger partial charge >= 0.3 is 0 Å². The molecule has 0 aliphatic carbocycles. The third kappa shape index (κ3) is 2.82. The summed E-state index contributed by atoms with van der Waals surface area (Å²) in [6.45, 7) is 10.1. The number of hydrogen-bond acceptors (Lipinski definition) is 1. The minimum atomic E-state index is -0.00542. The SMILES string of the molecule is C=CC(=O)c1cccc(C(C)(C)CCC)c1. The molecule has 0 atom stereocenters. The van der Waals surface area contributed by atoms with Crippen LogP contribution in [0, 0.1) is 0 Å².